The van der Waals surface area contributed by atoms with Crippen molar-refractivity contribution in [3.8, 4) is 0 Å². The molecular formula is C15H16N4. The molecule has 0 aliphatic heterocycles. The molecule has 1 N–H and O–H groups in total. The summed E-state index contributed by atoms with van der Waals surface area (Å²) in [5, 5.41) is 13.8. The number of rotatable bonds is 4. The van der Waals surface area contributed by atoms with Gasteiger partial charge in [0.2, 0.25) is 0 Å². The molecule has 0 bridgehead atoms. The first-order valence-electron chi connectivity index (χ1n) is 6.35. The molecule has 0 radical (unpaired) electrons. The predicted molar refractivity (Wildman–Crippen MR) is 75.5 cm³/mol. The number of fused-ring (bicyclic) bond motifs is 1. The van der Waals surface area contributed by atoms with Crippen LogP contribution in [0.4, 0.5) is 0 Å². The minimum Gasteiger partial charge on any atom is -0.307 e. The Morgan fingerprint density at radius 3 is 2.74 bits per heavy atom. The third kappa shape index (κ3) is 2.48. The Hall–Kier alpha value is -2.20. The van der Waals surface area contributed by atoms with Crippen molar-refractivity contribution in [3.63, 3.8) is 0 Å². The lowest BCUT2D eigenvalue weighted by Gasteiger charge is -2.08. The molecule has 1 heterocycles. The Morgan fingerprint density at radius 1 is 1.05 bits per heavy atom. The van der Waals surface area contributed by atoms with Crippen LogP contribution >= 0.6 is 0 Å². The average molecular weight is 252 g/mol. The van der Waals surface area contributed by atoms with Crippen LogP contribution < -0.4 is 5.32 Å². The van der Waals surface area contributed by atoms with Crippen molar-refractivity contribution in [3.05, 3.63) is 59.9 Å². The van der Waals surface area contributed by atoms with Gasteiger partial charge in [-0.3, -0.25) is 4.68 Å². The summed E-state index contributed by atoms with van der Waals surface area (Å²) in [6, 6.07) is 14.9. The SMILES string of the molecule is Cn1nncc1CNCc1cccc2ccccc12. The normalized spacial score (nSPS) is 11.0. The molecule has 3 aromatic rings. The lowest BCUT2D eigenvalue weighted by atomic mass is 10.0. The van der Waals surface area contributed by atoms with Gasteiger partial charge in [-0.25, -0.2) is 0 Å². The molecule has 3 rings (SSSR count). The Morgan fingerprint density at radius 2 is 1.89 bits per heavy atom. The van der Waals surface area contributed by atoms with Crippen molar-refractivity contribution >= 4 is 10.8 Å². The van der Waals surface area contributed by atoms with Crippen LogP contribution in [0.5, 0.6) is 0 Å². The van der Waals surface area contributed by atoms with Gasteiger partial charge < -0.3 is 5.32 Å². The highest BCUT2D eigenvalue weighted by Crippen LogP contribution is 2.18. The van der Waals surface area contributed by atoms with Gasteiger partial charge in [0.25, 0.3) is 0 Å². The Balaban J connectivity index is 1.74. The van der Waals surface area contributed by atoms with Crippen LogP contribution in [-0.2, 0) is 20.1 Å². The third-order valence-electron chi connectivity index (χ3n) is 3.31. The van der Waals surface area contributed by atoms with Crippen LogP contribution in [0.1, 0.15) is 11.3 Å². The van der Waals surface area contributed by atoms with Crippen LogP contribution in [0, 0.1) is 0 Å². The van der Waals surface area contributed by atoms with E-state index in [1.807, 2.05) is 7.05 Å². The predicted octanol–water partition coefficient (Wildman–Crippen LogP) is 2.26. The van der Waals surface area contributed by atoms with Gasteiger partial charge in [0.15, 0.2) is 0 Å². The largest absolute Gasteiger partial charge is 0.307 e. The maximum Gasteiger partial charge on any atom is 0.0738 e. The van der Waals surface area contributed by atoms with Crippen LogP contribution in [0.2, 0.25) is 0 Å². The molecule has 0 amide bonds. The highest BCUT2D eigenvalue weighted by atomic mass is 15.4. The number of benzene rings is 2. The molecule has 0 saturated heterocycles. The van der Waals surface area contributed by atoms with Gasteiger partial charge in [0.05, 0.1) is 11.9 Å². The van der Waals surface area contributed by atoms with E-state index in [2.05, 4.69) is 58.1 Å². The number of nitrogens with one attached hydrogen (secondary N) is 1. The maximum atomic E-state index is 3.92. The summed E-state index contributed by atoms with van der Waals surface area (Å²) in [5.41, 5.74) is 2.40. The molecule has 19 heavy (non-hydrogen) atoms. The van der Waals surface area contributed by atoms with Crippen LogP contribution in [-0.4, -0.2) is 15.0 Å². The molecule has 96 valence electrons. The lowest BCUT2D eigenvalue weighted by molar-refractivity contribution is 0.618. The average Bonchev–Trinajstić information content (AvgIpc) is 2.85. The molecule has 4 heteroatoms. The monoisotopic (exact) mass is 252 g/mol. The molecule has 2 aromatic carbocycles. The number of aryl methyl sites for hydroxylation is 1. The fourth-order valence-corrected chi connectivity index (χ4v) is 2.24. The van der Waals surface area contributed by atoms with E-state index in [9.17, 15) is 0 Å². The van der Waals surface area contributed by atoms with Crippen LogP contribution in [0.15, 0.2) is 48.7 Å². The summed E-state index contributed by atoms with van der Waals surface area (Å²) < 4.78 is 1.79. The second-order valence-electron chi connectivity index (χ2n) is 4.59. The summed E-state index contributed by atoms with van der Waals surface area (Å²) in [7, 11) is 1.90. The topological polar surface area (TPSA) is 42.7 Å². The molecular weight excluding hydrogens is 236 g/mol. The number of aromatic nitrogens is 3. The zero-order valence-corrected chi connectivity index (χ0v) is 10.9. The van der Waals surface area contributed by atoms with Crippen molar-refractivity contribution in [1.29, 1.82) is 0 Å². The standard InChI is InChI=1S/C15H16N4/c1-19-14(11-17-18-19)10-16-9-13-7-4-6-12-5-2-3-8-15(12)13/h2-8,11,16H,9-10H2,1H3. The summed E-state index contributed by atoms with van der Waals surface area (Å²) in [6.45, 7) is 1.61. The number of hydrogen-bond donors (Lipinski definition) is 1. The van der Waals surface area contributed by atoms with Gasteiger partial charge in [-0.15, -0.1) is 5.10 Å². The Labute approximate surface area is 112 Å². The first-order valence-corrected chi connectivity index (χ1v) is 6.35. The zero-order chi connectivity index (χ0) is 13.1. The highest BCUT2D eigenvalue weighted by molar-refractivity contribution is 5.85. The van der Waals surface area contributed by atoms with E-state index in [0.29, 0.717) is 0 Å². The molecule has 0 spiro atoms. The molecule has 0 saturated carbocycles. The molecule has 0 atom stereocenters. The quantitative estimate of drug-likeness (QED) is 0.774. The van der Waals surface area contributed by atoms with Gasteiger partial charge in [-0.05, 0) is 16.3 Å². The van der Waals surface area contributed by atoms with E-state index < -0.39 is 0 Å². The molecule has 1 aromatic heterocycles. The fraction of sp³-hybridized carbons (Fsp3) is 0.200. The summed E-state index contributed by atoms with van der Waals surface area (Å²) >= 11 is 0. The van der Waals surface area contributed by atoms with E-state index in [0.717, 1.165) is 18.8 Å². The van der Waals surface area contributed by atoms with Gasteiger partial charge in [0, 0.05) is 20.1 Å². The minimum absolute atomic E-state index is 0.771. The highest BCUT2D eigenvalue weighted by Gasteiger charge is 2.02. The van der Waals surface area contributed by atoms with Crippen molar-refractivity contribution < 1.29 is 0 Å². The number of hydrogen-bond acceptors (Lipinski definition) is 3. The van der Waals surface area contributed by atoms with Crippen molar-refractivity contribution in [2.75, 3.05) is 0 Å². The summed E-state index contributed by atoms with van der Waals surface area (Å²) in [5.74, 6) is 0. The Kier molecular flexibility index (Phi) is 3.25. The van der Waals surface area contributed by atoms with Gasteiger partial charge in [0.1, 0.15) is 0 Å². The second kappa shape index (κ2) is 5.20. The minimum atomic E-state index is 0.771. The zero-order valence-electron chi connectivity index (χ0n) is 10.9. The van der Waals surface area contributed by atoms with Crippen LogP contribution in [0.3, 0.4) is 0 Å². The molecule has 4 nitrogen and oxygen atoms in total. The lowest BCUT2D eigenvalue weighted by Crippen LogP contribution is -2.15. The molecule has 0 fully saturated rings. The van der Waals surface area contributed by atoms with Crippen molar-refractivity contribution in [2.24, 2.45) is 7.05 Å². The van der Waals surface area contributed by atoms with Crippen molar-refractivity contribution in [1.82, 2.24) is 20.3 Å². The van der Waals surface area contributed by atoms with Crippen LogP contribution in [0.25, 0.3) is 10.8 Å². The van der Waals surface area contributed by atoms with E-state index >= 15 is 0 Å². The van der Waals surface area contributed by atoms with Gasteiger partial charge in [-0.1, -0.05) is 47.7 Å². The third-order valence-corrected chi connectivity index (χ3v) is 3.31. The molecule has 0 unspecified atom stereocenters. The van der Waals surface area contributed by atoms with E-state index in [1.165, 1.54) is 16.3 Å². The van der Waals surface area contributed by atoms with E-state index in [-0.39, 0.29) is 0 Å². The second-order valence-corrected chi connectivity index (χ2v) is 4.59. The van der Waals surface area contributed by atoms with Gasteiger partial charge in [-0.2, -0.15) is 0 Å². The maximum absolute atomic E-state index is 3.92. The summed E-state index contributed by atoms with van der Waals surface area (Å²) in [6.07, 6.45) is 1.79. The first kappa shape index (κ1) is 11.9. The smallest absolute Gasteiger partial charge is 0.0738 e. The van der Waals surface area contributed by atoms with E-state index in [4.69, 9.17) is 0 Å². The van der Waals surface area contributed by atoms with Gasteiger partial charge >= 0.3 is 0 Å². The fourth-order valence-electron chi connectivity index (χ4n) is 2.24. The first-order chi connectivity index (χ1) is 9.34. The number of nitrogens with zero attached hydrogens (tertiary/aromatic N) is 3. The molecule has 0 aliphatic rings. The molecule has 0 aliphatic carbocycles. The summed E-state index contributed by atoms with van der Waals surface area (Å²) in [4.78, 5) is 0. The van der Waals surface area contributed by atoms with E-state index in [1.54, 1.807) is 10.9 Å². The Bertz CT molecular complexity index is 682. The van der Waals surface area contributed by atoms with Crippen molar-refractivity contribution in [2.45, 2.75) is 13.1 Å².